The molecule has 2 aromatic rings. The lowest BCUT2D eigenvalue weighted by Gasteiger charge is -2.13. The van der Waals surface area contributed by atoms with Gasteiger partial charge in [0.15, 0.2) is 0 Å². The van der Waals surface area contributed by atoms with Gasteiger partial charge in [-0.1, -0.05) is 35.9 Å². The van der Waals surface area contributed by atoms with Crippen molar-refractivity contribution < 1.29 is 22.1 Å². The fourth-order valence-electron chi connectivity index (χ4n) is 2.00. The molecule has 24 heavy (non-hydrogen) atoms. The number of aryl methyl sites for hydroxylation is 1. The Morgan fingerprint density at radius 1 is 1.04 bits per heavy atom. The Morgan fingerprint density at radius 3 is 2.29 bits per heavy atom. The molecule has 5 nitrogen and oxygen atoms in total. The van der Waals surface area contributed by atoms with Crippen molar-refractivity contribution in [3.8, 4) is 0 Å². The molecule has 0 bridgehead atoms. The molecule has 2 aromatic carbocycles. The van der Waals surface area contributed by atoms with Gasteiger partial charge in [0.1, 0.15) is 0 Å². The van der Waals surface area contributed by atoms with E-state index in [1.807, 2.05) is 13.0 Å². The number of benzene rings is 2. The number of hydrogen-bond acceptors (Lipinski definition) is 5. The molecule has 0 aliphatic carbocycles. The average molecular weight is 348 g/mol. The zero-order chi connectivity index (χ0) is 17.6. The van der Waals surface area contributed by atoms with Gasteiger partial charge in [0.25, 0.3) is 10.1 Å². The van der Waals surface area contributed by atoms with Gasteiger partial charge in [-0.05, 0) is 38.1 Å². The predicted molar refractivity (Wildman–Crippen MR) is 90.3 cm³/mol. The van der Waals surface area contributed by atoms with Crippen LogP contribution in [0.4, 0.5) is 0 Å². The van der Waals surface area contributed by atoms with E-state index in [1.165, 1.54) is 12.1 Å². The standard InChI is InChI=1S/C18H20O5S/c1-14-8-10-17(11-9-14)24(20,21)23-15(2)12-13-22-18(19)16-6-4-3-5-7-16/h3-11,15H,12-13H2,1-2H3. The fraction of sp³-hybridized carbons (Fsp3) is 0.278. The van der Waals surface area contributed by atoms with Crippen molar-refractivity contribution in [1.82, 2.24) is 0 Å². The highest BCUT2D eigenvalue weighted by Gasteiger charge is 2.19. The minimum atomic E-state index is -3.82. The number of carbonyl (C=O) groups is 1. The molecule has 0 aliphatic heterocycles. The lowest BCUT2D eigenvalue weighted by Crippen LogP contribution is -2.18. The van der Waals surface area contributed by atoms with E-state index in [4.69, 9.17) is 8.92 Å². The van der Waals surface area contributed by atoms with Crippen LogP contribution in [-0.4, -0.2) is 27.1 Å². The molecule has 0 spiro atoms. The van der Waals surface area contributed by atoms with Crippen LogP contribution in [-0.2, 0) is 19.0 Å². The van der Waals surface area contributed by atoms with E-state index >= 15 is 0 Å². The summed E-state index contributed by atoms with van der Waals surface area (Å²) < 4.78 is 34.5. The number of rotatable bonds is 7. The molecule has 2 rings (SSSR count). The maximum absolute atomic E-state index is 12.1. The van der Waals surface area contributed by atoms with E-state index < -0.39 is 22.2 Å². The summed E-state index contributed by atoms with van der Waals surface area (Å²) in [6.07, 6.45) is -0.316. The molecule has 1 atom stereocenters. The third-order valence-corrected chi connectivity index (χ3v) is 4.80. The first kappa shape index (κ1) is 18.2. The van der Waals surface area contributed by atoms with Crippen LogP contribution in [0.1, 0.15) is 29.3 Å². The molecular weight excluding hydrogens is 328 g/mol. The molecule has 0 saturated heterocycles. The Hall–Kier alpha value is -2.18. The second-order valence-corrected chi connectivity index (χ2v) is 7.04. The van der Waals surface area contributed by atoms with Crippen molar-refractivity contribution >= 4 is 16.1 Å². The summed E-state index contributed by atoms with van der Waals surface area (Å²) in [7, 11) is -3.82. The van der Waals surface area contributed by atoms with Crippen molar-refractivity contribution in [3.05, 3.63) is 65.7 Å². The summed E-state index contributed by atoms with van der Waals surface area (Å²) in [5.74, 6) is -0.441. The highest BCUT2D eigenvalue weighted by atomic mass is 32.2. The minimum Gasteiger partial charge on any atom is -0.462 e. The van der Waals surface area contributed by atoms with Crippen molar-refractivity contribution in [2.24, 2.45) is 0 Å². The fourth-order valence-corrected chi connectivity index (χ4v) is 3.11. The Kier molecular flexibility index (Phi) is 6.11. The van der Waals surface area contributed by atoms with Gasteiger partial charge in [-0.3, -0.25) is 4.18 Å². The zero-order valence-electron chi connectivity index (χ0n) is 13.6. The summed E-state index contributed by atoms with van der Waals surface area (Å²) in [4.78, 5) is 11.9. The normalized spacial score (nSPS) is 12.6. The van der Waals surface area contributed by atoms with Gasteiger partial charge >= 0.3 is 5.97 Å². The summed E-state index contributed by atoms with van der Waals surface area (Å²) in [5, 5.41) is 0. The summed E-state index contributed by atoms with van der Waals surface area (Å²) in [5.41, 5.74) is 1.42. The first-order valence-electron chi connectivity index (χ1n) is 7.60. The van der Waals surface area contributed by atoms with Gasteiger partial charge in [-0.25, -0.2) is 4.79 Å². The number of esters is 1. The van der Waals surface area contributed by atoms with Gasteiger partial charge in [-0.15, -0.1) is 0 Å². The molecular formula is C18H20O5S. The summed E-state index contributed by atoms with van der Waals surface area (Å²) in [6, 6.07) is 15.1. The van der Waals surface area contributed by atoms with Crippen molar-refractivity contribution in [2.45, 2.75) is 31.3 Å². The van der Waals surface area contributed by atoms with Crippen LogP contribution < -0.4 is 0 Å². The lowest BCUT2D eigenvalue weighted by molar-refractivity contribution is 0.0460. The van der Waals surface area contributed by atoms with E-state index in [9.17, 15) is 13.2 Å². The average Bonchev–Trinajstić information content (AvgIpc) is 2.55. The van der Waals surface area contributed by atoms with Crippen LogP contribution in [0.25, 0.3) is 0 Å². The molecule has 0 aromatic heterocycles. The first-order chi connectivity index (χ1) is 11.4. The lowest BCUT2D eigenvalue weighted by atomic mass is 10.2. The smallest absolute Gasteiger partial charge is 0.338 e. The minimum absolute atomic E-state index is 0.0817. The second kappa shape index (κ2) is 8.08. The molecule has 0 amide bonds. The predicted octanol–water partition coefficient (Wildman–Crippen LogP) is 3.34. The third kappa shape index (κ3) is 5.18. The molecule has 0 radical (unpaired) electrons. The molecule has 128 valence electrons. The largest absolute Gasteiger partial charge is 0.462 e. The highest BCUT2D eigenvalue weighted by molar-refractivity contribution is 7.86. The quantitative estimate of drug-likeness (QED) is 0.567. The monoisotopic (exact) mass is 348 g/mol. The zero-order valence-corrected chi connectivity index (χ0v) is 14.5. The molecule has 0 saturated carbocycles. The Balaban J connectivity index is 1.83. The van der Waals surface area contributed by atoms with Crippen LogP contribution in [0, 0.1) is 6.92 Å². The maximum Gasteiger partial charge on any atom is 0.338 e. The van der Waals surface area contributed by atoms with Gasteiger partial charge in [-0.2, -0.15) is 8.42 Å². The van der Waals surface area contributed by atoms with Crippen molar-refractivity contribution in [1.29, 1.82) is 0 Å². The van der Waals surface area contributed by atoms with E-state index in [0.717, 1.165) is 5.56 Å². The maximum atomic E-state index is 12.1. The van der Waals surface area contributed by atoms with E-state index in [1.54, 1.807) is 43.3 Å². The van der Waals surface area contributed by atoms with Crippen LogP contribution >= 0.6 is 0 Å². The molecule has 0 aliphatic rings. The Labute approximate surface area is 142 Å². The summed E-state index contributed by atoms with van der Waals surface area (Å²) in [6.45, 7) is 3.58. The van der Waals surface area contributed by atoms with Gasteiger partial charge in [0.05, 0.1) is 23.2 Å². The van der Waals surface area contributed by atoms with Crippen LogP contribution in [0.2, 0.25) is 0 Å². The number of hydrogen-bond donors (Lipinski definition) is 0. The Morgan fingerprint density at radius 2 is 1.67 bits per heavy atom. The third-order valence-electron chi connectivity index (χ3n) is 3.37. The van der Waals surface area contributed by atoms with Crippen molar-refractivity contribution in [3.63, 3.8) is 0 Å². The number of carbonyl (C=O) groups excluding carboxylic acids is 1. The van der Waals surface area contributed by atoms with E-state index in [2.05, 4.69) is 0 Å². The molecule has 0 fully saturated rings. The molecule has 0 N–H and O–H groups in total. The second-order valence-electron chi connectivity index (χ2n) is 5.46. The van der Waals surface area contributed by atoms with Crippen LogP contribution in [0.3, 0.4) is 0 Å². The van der Waals surface area contributed by atoms with Crippen LogP contribution in [0.15, 0.2) is 59.5 Å². The van der Waals surface area contributed by atoms with E-state index in [0.29, 0.717) is 5.56 Å². The SMILES string of the molecule is Cc1ccc(S(=O)(=O)OC(C)CCOC(=O)c2ccccc2)cc1. The van der Waals surface area contributed by atoms with Crippen molar-refractivity contribution in [2.75, 3.05) is 6.61 Å². The molecule has 0 heterocycles. The topological polar surface area (TPSA) is 69.7 Å². The summed E-state index contributed by atoms with van der Waals surface area (Å²) >= 11 is 0. The Bertz CT molecular complexity index is 767. The van der Waals surface area contributed by atoms with Crippen LogP contribution in [0.5, 0.6) is 0 Å². The van der Waals surface area contributed by atoms with Gasteiger partial charge in [0.2, 0.25) is 0 Å². The molecule has 6 heteroatoms. The van der Waals surface area contributed by atoms with Gasteiger partial charge < -0.3 is 4.74 Å². The van der Waals surface area contributed by atoms with E-state index in [-0.39, 0.29) is 17.9 Å². The van der Waals surface area contributed by atoms with Gasteiger partial charge in [0, 0.05) is 6.42 Å². The highest BCUT2D eigenvalue weighted by Crippen LogP contribution is 2.16. The number of ether oxygens (including phenoxy) is 1. The molecule has 1 unspecified atom stereocenters. The first-order valence-corrected chi connectivity index (χ1v) is 9.01.